The van der Waals surface area contributed by atoms with E-state index in [1.807, 2.05) is 36.4 Å². The zero-order chi connectivity index (χ0) is 23.1. The van der Waals surface area contributed by atoms with E-state index in [4.69, 9.17) is 39.9 Å². The molecule has 0 unspecified atom stereocenters. The van der Waals surface area contributed by atoms with E-state index in [1.165, 1.54) is 9.79 Å². The molecule has 0 bridgehead atoms. The number of benzene rings is 3. The van der Waals surface area contributed by atoms with E-state index in [2.05, 4.69) is 50.5 Å². The molecule has 0 saturated carbocycles. The predicted molar refractivity (Wildman–Crippen MR) is 148 cm³/mol. The molecule has 0 aliphatic carbocycles. The van der Waals surface area contributed by atoms with Gasteiger partial charge in [0.1, 0.15) is 4.58 Å². The highest BCUT2D eigenvalue weighted by molar-refractivity contribution is 8.78. The van der Waals surface area contributed by atoms with Crippen molar-refractivity contribution < 1.29 is 0 Å². The summed E-state index contributed by atoms with van der Waals surface area (Å²) in [6.45, 7) is 6.47. The maximum Gasteiger partial charge on any atom is 0.106 e. The van der Waals surface area contributed by atoms with Gasteiger partial charge in [0.15, 0.2) is 0 Å². The third kappa shape index (κ3) is 7.54. The summed E-state index contributed by atoms with van der Waals surface area (Å²) in [5.41, 5.74) is 4.44. The Bertz CT molecular complexity index is 1030. The van der Waals surface area contributed by atoms with E-state index in [0.717, 1.165) is 5.71 Å². The van der Waals surface area contributed by atoms with Crippen LogP contribution in [0.3, 0.4) is 0 Å². The van der Waals surface area contributed by atoms with Crippen molar-refractivity contribution in [3.63, 3.8) is 0 Å². The molecule has 2 nitrogen and oxygen atoms in total. The first kappa shape index (κ1) is 25.7. The summed E-state index contributed by atoms with van der Waals surface area (Å²) >= 11 is 20.6. The minimum atomic E-state index is -0.199. The largest absolute Gasteiger partial charge is 0.275 e. The fourth-order valence-corrected chi connectivity index (χ4v) is 8.00. The van der Waals surface area contributed by atoms with Gasteiger partial charge < -0.3 is 0 Å². The SMILES string of the molecule is CC(C)(C)C(=NNc1c(Cl)cc(Cl)cc1Cl)[C@@H](SSc1ccccc1)Sc1ccccc1. The lowest BCUT2D eigenvalue weighted by molar-refractivity contribution is 0.586. The van der Waals surface area contributed by atoms with Crippen LogP contribution >= 0.6 is 68.2 Å². The van der Waals surface area contributed by atoms with Crippen molar-refractivity contribution >= 4 is 79.6 Å². The van der Waals surface area contributed by atoms with Crippen LogP contribution in [-0.2, 0) is 0 Å². The van der Waals surface area contributed by atoms with Crippen molar-refractivity contribution in [2.24, 2.45) is 10.5 Å². The van der Waals surface area contributed by atoms with Crippen molar-refractivity contribution in [2.45, 2.75) is 35.1 Å². The maximum atomic E-state index is 6.37. The van der Waals surface area contributed by atoms with Gasteiger partial charge in [-0.25, -0.2) is 0 Å². The van der Waals surface area contributed by atoms with Gasteiger partial charge in [0.2, 0.25) is 0 Å². The first-order valence-electron chi connectivity index (χ1n) is 9.83. The van der Waals surface area contributed by atoms with Crippen LogP contribution < -0.4 is 5.43 Å². The Balaban J connectivity index is 1.93. The smallest absolute Gasteiger partial charge is 0.106 e. The van der Waals surface area contributed by atoms with Gasteiger partial charge in [-0.1, -0.05) is 114 Å². The van der Waals surface area contributed by atoms with Gasteiger partial charge in [0.25, 0.3) is 0 Å². The third-order valence-electron chi connectivity index (χ3n) is 4.25. The second-order valence-corrected chi connectivity index (χ2v) is 13.0. The number of hydrazone groups is 1. The van der Waals surface area contributed by atoms with Crippen molar-refractivity contribution in [3.8, 4) is 0 Å². The van der Waals surface area contributed by atoms with E-state index < -0.39 is 0 Å². The quantitative estimate of drug-likeness (QED) is 0.101. The number of rotatable bonds is 8. The molecule has 0 heterocycles. The molecule has 1 atom stereocenters. The Morgan fingerprint density at radius 1 is 0.844 bits per heavy atom. The summed E-state index contributed by atoms with van der Waals surface area (Å²) in [7, 11) is 3.51. The first-order chi connectivity index (χ1) is 15.2. The maximum absolute atomic E-state index is 6.37. The summed E-state index contributed by atoms with van der Waals surface area (Å²) in [5, 5.41) is 6.17. The van der Waals surface area contributed by atoms with Crippen molar-refractivity contribution in [1.29, 1.82) is 0 Å². The molecule has 1 N–H and O–H groups in total. The molecule has 0 amide bonds. The molecule has 3 aromatic rings. The second kappa shape index (κ2) is 12.0. The summed E-state index contributed by atoms with van der Waals surface area (Å²) in [4.78, 5) is 2.37. The molecule has 0 aliphatic rings. The highest BCUT2D eigenvalue weighted by Gasteiger charge is 2.30. The lowest BCUT2D eigenvalue weighted by atomic mass is 9.91. The van der Waals surface area contributed by atoms with E-state index in [9.17, 15) is 0 Å². The van der Waals surface area contributed by atoms with Gasteiger partial charge in [-0.2, -0.15) is 5.10 Å². The fraction of sp³-hybridized carbons (Fsp3) is 0.208. The van der Waals surface area contributed by atoms with Gasteiger partial charge in [-0.3, -0.25) is 5.43 Å². The van der Waals surface area contributed by atoms with Crippen molar-refractivity contribution in [3.05, 3.63) is 87.9 Å². The summed E-state index contributed by atoms with van der Waals surface area (Å²) in [6, 6.07) is 24.0. The molecule has 8 heteroatoms. The Morgan fingerprint density at radius 3 is 1.91 bits per heavy atom. The molecule has 3 rings (SSSR count). The lowest BCUT2D eigenvalue weighted by Crippen LogP contribution is -2.29. The molecule has 0 radical (unpaired) electrons. The van der Waals surface area contributed by atoms with Crippen LogP contribution in [-0.4, -0.2) is 10.3 Å². The molecule has 0 aromatic heterocycles. The monoisotopic (exact) mass is 540 g/mol. The summed E-state index contributed by atoms with van der Waals surface area (Å²) in [6.07, 6.45) is 0. The van der Waals surface area contributed by atoms with E-state index in [1.54, 1.807) is 45.5 Å². The number of nitrogens with zero attached hydrogens (tertiary/aromatic N) is 1. The average Bonchev–Trinajstić information content (AvgIpc) is 2.74. The van der Waals surface area contributed by atoms with Crippen LogP contribution in [0.2, 0.25) is 15.1 Å². The molecule has 3 aromatic carbocycles. The van der Waals surface area contributed by atoms with E-state index >= 15 is 0 Å². The van der Waals surface area contributed by atoms with E-state index in [-0.39, 0.29) is 10.00 Å². The van der Waals surface area contributed by atoms with Crippen LogP contribution in [0.25, 0.3) is 0 Å². The van der Waals surface area contributed by atoms with Crippen LogP contribution in [0.15, 0.2) is 87.7 Å². The predicted octanol–water partition coefficient (Wildman–Crippen LogP) is 10.0. The zero-order valence-electron chi connectivity index (χ0n) is 17.8. The summed E-state index contributed by atoms with van der Waals surface area (Å²) < 4.78 is 0.0416. The van der Waals surface area contributed by atoms with Crippen LogP contribution in [0, 0.1) is 5.41 Å². The molecular formula is C24H23Cl3N2S3. The third-order valence-corrected chi connectivity index (χ3v) is 9.39. The second-order valence-electron chi connectivity index (χ2n) is 7.86. The number of thioether (sulfide) groups is 1. The average molecular weight is 542 g/mol. The molecule has 0 fully saturated rings. The Kier molecular flexibility index (Phi) is 9.59. The normalized spacial score (nSPS) is 13.1. The Labute approximate surface area is 217 Å². The van der Waals surface area contributed by atoms with Gasteiger partial charge in [-0.15, -0.1) is 11.8 Å². The number of anilines is 1. The standard InChI is InChI=1S/C24H23Cl3N2S3/c1-24(2,3)22(29-28-21-19(26)14-16(25)15-20(21)27)23(30-17-10-6-4-7-11-17)32-31-18-12-8-5-9-13-18/h4-15,23,28H,1-3H3/t23-/m1/s1. The molecule has 0 aliphatic heterocycles. The highest BCUT2D eigenvalue weighted by atomic mass is 35.5. The highest BCUT2D eigenvalue weighted by Crippen LogP contribution is 2.45. The van der Waals surface area contributed by atoms with E-state index in [0.29, 0.717) is 20.8 Å². The Morgan fingerprint density at radius 2 is 1.38 bits per heavy atom. The Hall–Kier alpha value is -0.950. The van der Waals surface area contributed by atoms with Crippen molar-refractivity contribution in [2.75, 3.05) is 5.43 Å². The molecular weight excluding hydrogens is 519 g/mol. The van der Waals surface area contributed by atoms with Gasteiger partial charge in [0, 0.05) is 20.2 Å². The van der Waals surface area contributed by atoms with Gasteiger partial charge in [-0.05, 0) is 36.4 Å². The number of nitrogens with one attached hydrogen (secondary N) is 1. The van der Waals surface area contributed by atoms with Crippen LogP contribution in [0.5, 0.6) is 0 Å². The number of halogens is 3. The molecule has 0 spiro atoms. The number of hydrogen-bond donors (Lipinski definition) is 1. The lowest BCUT2D eigenvalue weighted by Gasteiger charge is -2.28. The molecule has 0 saturated heterocycles. The molecule has 168 valence electrons. The summed E-state index contributed by atoms with van der Waals surface area (Å²) in [5.74, 6) is 0. The van der Waals surface area contributed by atoms with Crippen LogP contribution in [0.1, 0.15) is 20.8 Å². The first-order valence-corrected chi connectivity index (χ1v) is 14.1. The zero-order valence-corrected chi connectivity index (χ0v) is 22.5. The fourth-order valence-electron chi connectivity index (χ4n) is 2.66. The van der Waals surface area contributed by atoms with Gasteiger partial charge in [0.05, 0.1) is 21.4 Å². The number of hydrogen-bond acceptors (Lipinski definition) is 5. The van der Waals surface area contributed by atoms with Crippen molar-refractivity contribution in [1.82, 2.24) is 0 Å². The minimum absolute atomic E-state index is 0.0416. The van der Waals surface area contributed by atoms with Crippen LogP contribution in [0.4, 0.5) is 5.69 Å². The topological polar surface area (TPSA) is 24.4 Å². The van der Waals surface area contributed by atoms with Gasteiger partial charge >= 0.3 is 0 Å². The molecule has 32 heavy (non-hydrogen) atoms. The minimum Gasteiger partial charge on any atom is -0.275 e.